The van der Waals surface area contributed by atoms with Crippen molar-refractivity contribution in [1.82, 2.24) is 14.9 Å². The van der Waals surface area contributed by atoms with E-state index >= 15 is 0 Å². The van der Waals surface area contributed by atoms with Gasteiger partial charge in [-0.15, -0.1) is 0 Å². The number of nitrogens with one attached hydrogen (secondary N) is 2. The van der Waals surface area contributed by atoms with E-state index in [0.29, 0.717) is 16.5 Å². The fourth-order valence-electron chi connectivity index (χ4n) is 5.59. The lowest BCUT2D eigenvalue weighted by Gasteiger charge is -2.29. The molecule has 3 heterocycles. The van der Waals surface area contributed by atoms with Crippen LogP contribution in [0.4, 0.5) is 11.4 Å². The summed E-state index contributed by atoms with van der Waals surface area (Å²) in [6, 6.07) is 21.6. The number of hydrogen-bond acceptors (Lipinski definition) is 5. The van der Waals surface area contributed by atoms with Crippen LogP contribution >= 0.6 is 12.2 Å². The van der Waals surface area contributed by atoms with Gasteiger partial charge >= 0.3 is 0 Å². The molecule has 9 heteroatoms. The number of amides is 1. The molecule has 40 heavy (non-hydrogen) atoms. The first kappa shape index (κ1) is 27.4. The number of rotatable bonds is 8. The highest BCUT2D eigenvalue weighted by Gasteiger charge is 2.43. The second-order valence-corrected chi connectivity index (χ2v) is 10.1. The number of benzene rings is 2. The summed E-state index contributed by atoms with van der Waals surface area (Å²) < 4.78 is 12.8. The number of pyridine rings is 1. The summed E-state index contributed by atoms with van der Waals surface area (Å²) in [4.78, 5) is 19.2. The van der Waals surface area contributed by atoms with Gasteiger partial charge in [-0.05, 0) is 81.0 Å². The first-order chi connectivity index (χ1) is 19.3. The molecule has 2 aromatic carbocycles. The largest absolute Gasteiger partial charge is 0.495 e. The van der Waals surface area contributed by atoms with Crippen molar-refractivity contribution in [3.63, 3.8) is 0 Å². The van der Waals surface area contributed by atoms with Crippen LogP contribution in [0.1, 0.15) is 40.3 Å². The smallest absolute Gasteiger partial charge is 0.250 e. The number of methoxy groups -OCH3 is 2. The van der Waals surface area contributed by atoms with Crippen LogP contribution in [0, 0.1) is 20.8 Å². The maximum atomic E-state index is 12.4. The number of carbonyl (C=O) groups is 1. The van der Waals surface area contributed by atoms with Gasteiger partial charge in [-0.25, -0.2) is 0 Å². The average molecular weight is 556 g/mol. The third kappa shape index (κ3) is 4.94. The Hall–Kier alpha value is -4.21. The van der Waals surface area contributed by atoms with E-state index in [2.05, 4.69) is 65.1 Å². The molecular weight excluding hydrogens is 522 g/mol. The Morgan fingerprint density at radius 3 is 2.42 bits per heavy atom. The summed E-state index contributed by atoms with van der Waals surface area (Å²) in [5.41, 5.74) is 8.01. The second kappa shape index (κ2) is 11.5. The number of thiocarbonyl (C=S) groups is 1. The van der Waals surface area contributed by atoms with Gasteiger partial charge in [-0.3, -0.25) is 9.78 Å². The van der Waals surface area contributed by atoms with Gasteiger partial charge in [-0.2, -0.15) is 0 Å². The lowest BCUT2D eigenvalue weighted by atomic mass is 9.93. The Morgan fingerprint density at radius 2 is 1.75 bits per heavy atom. The van der Waals surface area contributed by atoms with Crippen molar-refractivity contribution in [1.29, 1.82) is 0 Å². The first-order valence-electron chi connectivity index (χ1n) is 13.1. The molecule has 0 spiro atoms. The second-order valence-electron chi connectivity index (χ2n) is 9.74. The van der Waals surface area contributed by atoms with Crippen LogP contribution in [0.3, 0.4) is 0 Å². The van der Waals surface area contributed by atoms with Crippen LogP contribution in [0.15, 0.2) is 72.9 Å². The average Bonchev–Trinajstić information content (AvgIpc) is 3.41. The van der Waals surface area contributed by atoms with Gasteiger partial charge in [0.05, 0.1) is 30.6 Å². The standard InChI is InChI=1S/C31H33N5O3S/c1-19-20(2)35(22-11-7-6-8-12-22)21(3)28(19)30-29(24-13-9-10-16-32-24)34-31(40)36(30)23-14-15-26(39-5)25(17-23)33-27(37)18-38-4/h6-17,29-30H,18H2,1-5H3,(H,33,37)(H,34,40). The van der Waals surface area contributed by atoms with E-state index in [1.807, 2.05) is 42.5 Å². The van der Waals surface area contributed by atoms with Crippen molar-refractivity contribution >= 4 is 34.6 Å². The number of aromatic nitrogens is 2. The molecule has 2 N–H and O–H groups in total. The lowest BCUT2D eigenvalue weighted by Crippen LogP contribution is -2.30. The molecule has 4 aromatic rings. The minimum atomic E-state index is -0.273. The first-order valence-corrected chi connectivity index (χ1v) is 13.5. The van der Waals surface area contributed by atoms with Crippen LogP contribution in [0.2, 0.25) is 0 Å². The summed E-state index contributed by atoms with van der Waals surface area (Å²) in [5.74, 6) is 0.271. The zero-order valence-electron chi connectivity index (χ0n) is 23.3. The molecule has 0 saturated carbocycles. The number of carbonyl (C=O) groups excluding carboxylic acids is 1. The van der Waals surface area contributed by atoms with E-state index in [9.17, 15) is 4.79 Å². The van der Waals surface area contributed by atoms with E-state index in [1.165, 1.54) is 23.9 Å². The van der Waals surface area contributed by atoms with Gasteiger partial charge in [0.25, 0.3) is 0 Å². The summed E-state index contributed by atoms with van der Waals surface area (Å²) in [6.45, 7) is 6.40. The Bertz CT molecular complexity index is 1540. The van der Waals surface area contributed by atoms with E-state index in [0.717, 1.165) is 22.8 Å². The highest BCUT2D eigenvalue weighted by Crippen LogP contribution is 2.46. The fraction of sp³-hybridized carbons (Fsp3) is 0.258. The maximum absolute atomic E-state index is 12.4. The van der Waals surface area contributed by atoms with Crippen molar-refractivity contribution < 1.29 is 14.3 Å². The zero-order chi connectivity index (χ0) is 28.4. The molecule has 0 aliphatic carbocycles. The minimum absolute atomic E-state index is 0.0634. The van der Waals surface area contributed by atoms with Crippen LogP contribution in [0.25, 0.3) is 5.69 Å². The van der Waals surface area contributed by atoms with Crippen LogP contribution in [-0.4, -0.2) is 41.4 Å². The van der Waals surface area contributed by atoms with Gasteiger partial charge < -0.3 is 29.6 Å². The van der Waals surface area contributed by atoms with Gasteiger partial charge in [0, 0.05) is 41.6 Å². The molecule has 0 radical (unpaired) electrons. The third-order valence-corrected chi connectivity index (χ3v) is 7.74. The van der Waals surface area contributed by atoms with Crippen molar-refractivity contribution in [2.45, 2.75) is 32.9 Å². The highest BCUT2D eigenvalue weighted by atomic mass is 32.1. The summed E-state index contributed by atoms with van der Waals surface area (Å²) in [6.07, 6.45) is 1.80. The summed E-state index contributed by atoms with van der Waals surface area (Å²) >= 11 is 5.97. The van der Waals surface area contributed by atoms with Crippen molar-refractivity contribution in [2.24, 2.45) is 0 Å². The predicted octanol–water partition coefficient (Wildman–Crippen LogP) is 5.57. The van der Waals surface area contributed by atoms with Crippen LogP contribution in [-0.2, 0) is 9.53 Å². The summed E-state index contributed by atoms with van der Waals surface area (Å²) in [7, 11) is 3.06. The van der Waals surface area contributed by atoms with Gasteiger partial charge in [0.15, 0.2) is 5.11 Å². The lowest BCUT2D eigenvalue weighted by molar-refractivity contribution is -0.119. The molecule has 1 amide bonds. The Morgan fingerprint density at radius 1 is 1.00 bits per heavy atom. The third-order valence-electron chi connectivity index (χ3n) is 7.43. The molecule has 8 nitrogen and oxygen atoms in total. The zero-order valence-corrected chi connectivity index (χ0v) is 24.1. The molecule has 1 fully saturated rings. The van der Waals surface area contributed by atoms with Gasteiger partial charge in [-0.1, -0.05) is 24.3 Å². The molecule has 2 unspecified atom stereocenters. The molecular formula is C31H33N5O3S. The fourth-order valence-corrected chi connectivity index (χ4v) is 5.94. The Balaban J connectivity index is 1.68. The van der Waals surface area contributed by atoms with Crippen molar-refractivity contribution in [3.05, 3.63) is 101 Å². The monoisotopic (exact) mass is 555 g/mol. The highest BCUT2D eigenvalue weighted by molar-refractivity contribution is 7.80. The number of hydrogen-bond donors (Lipinski definition) is 2. The SMILES string of the molecule is COCC(=O)Nc1cc(N2C(=S)NC(c3ccccn3)C2c2c(C)c(C)n(-c3ccccc3)c2C)ccc1OC. The molecule has 2 aromatic heterocycles. The number of nitrogens with zero attached hydrogens (tertiary/aromatic N) is 3. The van der Waals surface area contributed by atoms with Crippen molar-refractivity contribution in [2.75, 3.05) is 31.0 Å². The molecule has 1 saturated heterocycles. The predicted molar refractivity (Wildman–Crippen MR) is 161 cm³/mol. The van der Waals surface area contributed by atoms with Gasteiger partial charge in [0.2, 0.25) is 5.91 Å². The van der Waals surface area contributed by atoms with Crippen LogP contribution in [0.5, 0.6) is 5.75 Å². The summed E-state index contributed by atoms with van der Waals surface area (Å²) in [5, 5.41) is 7.02. The number of ether oxygens (including phenoxy) is 2. The van der Waals surface area contributed by atoms with Gasteiger partial charge in [0.1, 0.15) is 12.4 Å². The minimum Gasteiger partial charge on any atom is -0.495 e. The molecule has 1 aliphatic heterocycles. The van der Waals surface area contributed by atoms with E-state index < -0.39 is 0 Å². The van der Waals surface area contributed by atoms with Crippen LogP contribution < -0.4 is 20.3 Å². The van der Waals surface area contributed by atoms with E-state index in [-0.39, 0.29) is 24.6 Å². The number of para-hydroxylation sites is 1. The quantitative estimate of drug-likeness (QED) is 0.275. The molecule has 5 rings (SSSR count). The van der Waals surface area contributed by atoms with E-state index in [4.69, 9.17) is 26.7 Å². The Labute approximate surface area is 239 Å². The normalized spacial score (nSPS) is 16.6. The molecule has 0 bridgehead atoms. The molecule has 2 atom stereocenters. The topological polar surface area (TPSA) is 80.7 Å². The maximum Gasteiger partial charge on any atom is 0.250 e. The van der Waals surface area contributed by atoms with E-state index in [1.54, 1.807) is 13.3 Å². The van der Waals surface area contributed by atoms with Crippen molar-refractivity contribution in [3.8, 4) is 11.4 Å². The Kier molecular flexibility index (Phi) is 7.86. The molecule has 1 aliphatic rings. The molecule has 206 valence electrons. The number of anilines is 2.